The molecule has 0 bridgehead atoms. The number of aliphatic imine (C=N–C) groups is 1. The summed E-state index contributed by atoms with van der Waals surface area (Å²) in [7, 11) is 0. The van der Waals surface area contributed by atoms with Crippen LogP contribution in [0.5, 0.6) is 0 Å². The van der Waals surface area contributed by atoms with Gasteiger partial charge in [-0.05, 0) is 5.96 Å². The third kappa shape index (κ3) is 55.1. The van der Waals surface area contributed by atoms with Gasteiger partial charge in [0.25, 0.3) is 0 Å². The number of hydrogen-bond donors (Lipinski definition) is 5. The van der Waals surface area contributed by atoms with E-state index in [-0.39, 0.29) is 49.5 Å². The summed E-state index contributed by atoms with van der Waals surface area (Å²) in [6, 6.07) is 0. The molecular weight excluding hydrogens is 398 g/mol. The Morgan fingerprint density at radius 2 is 1.46 bits per heavy atom. The predicted octanol–water partition coefficient (Wildman–Crippen LogP) is -0.779. The number of guanidine groups is 2. The number of nitrogens with two attached hydrogens (primary N) is 3. The zero-order chi connectivity index (χ0) is 10.1. The number of amidine groups is 1. The van der Waals surface area contributed by atoms with Crippen LogP contribution in [0.2, 0.25) is 0 Å². The molecule has 0 saturated carbocycles. The van der Waals surface area contributed by atoms with Gasteiger partial charge in [-0.3, -0.25) is 5.41 Å². The largest absolute Gasteiger partial charge is 2.00 e. The van der Waals surface area contributed by atoms with Gasteiger partial charge in [0.05, 0.1) is 5.84 Å². The molecule has 0 fully saturated rings. The molecule has 0 atom stereocenters. The van der Waals surface area contributed by atoms with Gasteiger partial charge in [0.1, 0.15) is 0 Å². The summed E-state index contributed by atoms with van der Waals surface area (Å²) in [6.45, 7) is 0.0231. The maximum atomic E-state index is 6.62. The van der Waals surface area contributed by atoms with Crippen molar-refractivity contribution in [3.05, 3.63) is 11.5 Å². The van der Waals surface area contributed by atoms with Crippen LogP contribution in [-0.2, 0) is 0 Å². The Morgan fingerprint density at radius 3 is 1.54 bits per heavy atom. The second-order valence-electron chi connectivity index (χ2n) is 1.64. The van der Waals surface area contributed by atoms with Gasteiger partial charge in [0.2, 0.25) is 0 Å². The van der Waals surface area contributed by atoms with E-state index in [1.54, 1.807) is 0 Å². The molecule has 0 aliphatic carbocycles. The Hall–Kier alpha value is -0.938. The number of hydrogen-bond acceptors (Lipinski definition) is 3. The zero-order valence-electron chi connectivity index (χ0n) is 6.89. The van der Waals surface area contributed by atoms with Gasteiger partial charge in [0.15, 0.2) is 0 Å². The van der Waals surface area contributed by atoms with Crippen LogP contribution >= 0.6 is 0 Å². The summed E-state index contributed by atoms with van der Waals surface area (Å²) in [4.78, 5) is 3.34. The fourth-order valence-corrected chi connectivity index (χ4v) is 0.170. The molecular formula is C4H12N8U. The van der Waals surface area contributed by atoms with Crippen molar-refractivity contribution >= 4 is 17.8 Å². The molecule has 0 heterocycles. The Labute approximate surface area is 99.7 Å². The van der Waals surface area contributed by atoms with Crippen LogP contribution in [0.3, 0.4) is 0 Å². The Kier molecular flexibility index (Phi) is 15.3. The van der Waals surface area contributed by atoms with Gasteiger partial charge in [-0.1, -0.05) is 0 Å². The van der Waals surface area contributed by atoms with Crippen molar-refractivity contribution in [2.24, 2.45) is 22.2 Å². The fourth-order valence-electron chi connectivity index (χ4n) is 0.170. The first-order valence-electron chi connectivity index (χ1n) is 2.76. The molecule has 9 heteroatoms. The van der Waals surface area contributed by atoms with Crippen LogP contribution in [0.15, 0.2) is 4.99 Å². The van der Waals surface area contributed by atoms with E-state index in [0.29, 0.717) is 0 Å². The van der Waals surface area contributed by atoms with Crippen LogP contribution in [0.4, 0.5) is 0 Å². The molecule has 0 aromatic rings. The Bertz CT molecular complexity index is 179. The van der Waals surface area contributed by atoms with E-state index in [4.69, 9.17) is 33.8 Å². The average molecular weight is 410 g/mol. The molecule has 0 rings (SSSR count). The predicted molar refractivity (Wildman–Crippen MR) is 49.0 cm³/mol. The summed E-state index contributed by atoms with van der Waals surface area (Å²) in [5, 5.41) is 12.6. The van der Waals surface area contributed by atoms with E-state index < -0.39 is 5.96 Å². The van der Waals surface area contributed by atoms with Crippen molar-refractivity contribution in [3.63, 3.8) is 0 Å². The maximum absolute atomic E-state index is 6.62. The summed E-state index contributed by atoms with van der Waals surface area (Å²) >= 11 is 0. The van der Waals surface area contributed by atoms with Crippen LogP contribution < -0.4 is 17.2 Å². The van der Waals surface area contributed by atoms with Crippen molar-refractivity contribution in [1.82, 2.24) is 0 Å². The minimum absolute atomic E-state index is 0. The van der Waals surface area contributed by atoms with Gasteiger partial charge in [0, 0.05) is 12.5 Å². The summed E-state index contributed by atoms with van der Waals surface area (Å²) in [5.74, 6) is -0.958. The molecule has 10 N–H and O–H groups in total. The standard InChI is InChI=1S/C3H8N5.CH4N3.U/c4-2(5)1-8-3(6)7;2-1(3)4;/h1H2,(H6-,4,5,6,7,8);(H4-,2,3,4);/q2*-1;+2. The maximum Gasteiger partial charge on any atom is 2.00 e. The van der Waals surface area contributed by atoms with E-state index in [0.717, 1.165) is 0 Å². The van der Waals surface area contributed by atoms with Crippen LogP contribution in [0.1, 0.15) is 0 Å². The molecule has 0 saturated heterocycles. The first-order valence-corrected chi connectivity index (χ1v) is 2.76. The van der Waals surface area contributed by atoms with E-state index in [1.165, 1.54) is 0 Å². The molecule has 72 valence electrons. The topological polar surface area (TPSA) is 186 Å². The monoisotopic (exact) mass is 410 g/mol. The molecule has 0 aliphatic heterocycles. The second kappa shape index (κ2) is 11.1. The molecule has 8 nitrogen and oxygen atoms in total. The van der Waals surface area contributed by atoms with Gasteiger partial charge in [-0.2, -0.15) is 0 Å². The van der Waals surface area contributed by atoms with E-state index in [2.05, 4.69) is 10.7 Å². The Morgan fingerprint density at radius 1 is 1.15 bits per heavy atom. The minimum Gasteiger partial charge on any atom is -0.454 e. The van der Waals surface area contributed by atoms with Crippen molar-refractivity contribution in [2.45, 2.75) is 0 Å². The second-order valence-corrected chi connectivity index (χ2v) is 1.64. The fraction of sp³-hybridized carbons (Fsp3) is 0.250. The van der Waals surface area contributed by atoms with Crippen LogP contribution in [0, 0.1) is 41.9 Å². The van der Waals surface area contributed by atoms with Crippen molar-refractivity contribution in [2.75, 3.05) is 6.54 Å². The molecule has 0 aromatic carbocycles. The minimum atomic E-state index is -0.583. The molecule has 0 spiro atoms. The van der Waals surface area contributed by atoms with Gasteiger partial charge in [-0.25, -0.2) is 0 Å². The van der Waals surface area contributed by atoms with E-state index >= 15 is 0 Å². The summed E-state index contributed by atoms with van der Waals surface area (Å²) in [5.41, 5.74) is 26.5. The zero-order valence-corrected chi connectivity index (χ0v) is 11.1. The van der Waals surface area contributed by atoms with Gasteiger partial charge in [-0.15, -0.1) is 0 Å². The normalized spacial score (nSPS) is 8.77. The smallest absolute Gasteiger partial charge is 0.454 e. The Balaban J connectivity index is -0.000000173. The van der Waals surface area contributed by atoms with E-state index in [1.807, 2.05) is 0 Å². The quantitative estimate of drug-likeness (QED) is 0.296. The molecule has 0 amide bonds. The molecule has 0 unspecified atom stereocenters. The van der Waals surface area contributed by atoms with Gasteiger partial charge < -0.3 is 39.1 Å². The average Bonchev–Trinajstić information content (AvgIpc) is 1.82. The van der Waals surface area contributed by atoms with Crippen molar-refractivity contribution in [1.29, 1.82) is 10.8 Å². The molecule has 0 aromatic heterocycles. The molecule has 0 aliphatic rings. The number of nitrogens with one attached hydrogen (secondary N) is 4. The third-order valence-corrected chi connectivity index (χ3v) is 0.420. The van der Waals surface area contributed by atoms with Crippen LogP contribution in [-0.4, -0.2) is 24.3 Å². The van der Waals surface area contributed by atoms with Crippen molar-refractivity contribution < 1.29 is 31.1 Å². The summed E-state index contributed by atoms with van der Waals surface area (Å²) in [6.07, 6.45) is 0. The van der Waals surface area contributed by atoms with Gasteiger partial charge >= 0.3 is 31.1 Å². The first kappa shape index (κ1) is 18.0. The SMILES string of the molecule is N=C(N)CN=C([NH-])N.N=C([NH-])N.[U+2]. The first-order chi connectivity index (χ1) is 5.36. The molecule has 13 heavy (non-hydrogen) atoms. The van der Waals surface area contributed by atoms with Crippen molar-refractivity contribution in [3.8, 4) is 0 Å². The molecule has 0 radical (unpaired) electrons. The van der Waals surface area contributed by atoms with E-state index in [9.17, 15) is 0 Å². The third-order valence-electron chi connectivity index (χ3n) is 0.420. The van der Waals surface area contributed by atoms with Crippen LogP contribution in [0.25, 0.3) is 11.5 Å². The number of rotatable bonds is 2. The number of nitrogens with zero attached hydrogens (tertiary/aromatic N) is 1. The summed E-state index contributed by atoms with van der Waals surface area (Å²) < 4.78 is 0.